The molecule has 1 aromatic carbocycles. The molecule has 0 N–H and O–H groups in total. The summed E-state index contributed by atoms with van der Waals surface area (Å²) in [6.45, 7) is 2.19. The number of halogens is 3. The van der Waals surface area contributed by atoms with Gasteiger partial charge in [-0.2, -0.15) is 0 Å². The molecule has 0 heterocycles. The van der Waals surface area contributed by atoms with Crippen molar-refractivity contribution in [3.63, 3.8) is 0 Å². The minimum atomic E-state index is -1.82. The van der Waals surface area contributed by atoms with Crippen molar-refractivity contribution in [2.75, 3.05) is 13.2 Å². The Morgan fingerprint density at radius 1 is 1.43 bits per heavy atom. The molecule has 0 unspecified atom stereocenters. The third-order valence-corrected chi connectivity index (χ3v) is 5.01. The Bertz CT molecular complexity index is 537. The molecule has 0 aromatic heterocycles. The topological polar surface area (TPSA) is 69.4 Å². The molecule has 21 heavy (non-hydrogen) atoms. The molecule has 0 atom stereocenters. The number of hydrogen-bond acceptors (Lipinski definition) is 6. The summed E-state index contributed by atoms with van der Waals surface area (Å²) in [4.78, 5) is 22.2. The van der Waals surface area contributed by atoms with Crippen LogP contribution in [0.2, 0.25) is 0 Å². The van der Waals surface area contributed by atoms with E-state index in [2.05, 4.69) is 0 Å². The lowest BCUT2D eigenvalue weighted by atomic mass is 10.2. The van der Waals surface area contributed by atoms with E-state index in [0.29, 0.717) is 11.5 Å². The zero-order chi connectivity index (χ0) is 16.0. The van der Waals surface area contributed by atoms with E-state index in [1.54, 1.807) is 6.92 Å². The van der Waals surface area contributed by atoms with Gasteiger partial charge in [0.05, 0.1) is 4.92 Å². The Morgan fingerprint density at radius 2 is 2.10 bits per heavy atom. The van der Waals surface area contributed by atoms with Gasteiger partial charge in [-0.15, -0.1) is 0 Å². The van der Waals surface area contributed by atoms with Crippen molar-refractivity contribution in [1.82, 2.24) is 0 Å². The first-order chi connectivity index (χ1) is 9.75. The number of ether oxygens (including phenoxy) is 1. The summed E-state index contributed by atoms with van der Waals surface area (Å²) in [5.74, 6) is 0. The Labute approximate surface area is 144 Å². The van der Waals surface area contributed by atoms with Crippen LogP contribution in [0.5, 0.6) is 0 Å². The monoisotopic (exact) mass is 389 g/mol. The second-order valence-corrected chi connectivity index (χ2v) is 8.12. The smallest absolute Gasteiger partial charge is 0.269 e. The quantitative estimate of drug-likeness (QED) is 0.303. The van der Waals surface area contributed by atoms with Gasteiger partial charge in [0.1, 0.15) is 6.61 Å². The number of benzene rings is 1. The molecule has 0 aliphatic carbocycles. The summed E-state index contributed by atoms with van der Waals surface area (Å²) in [5, 5.41) is 10.6. The van der Waals surface area contributed by atoms with Gasteiger partial charge < -0.3 is 4.74 Å². The molecule has 0 spiro atoms. The summed E-state index contributed by atoms with van der Waals surface area (Å²) in [5.41, 5.74) is -0.0327. The van der Waals surface area contributed by atoms with E-state index in [1.165, 1.54) is 18.2 Å². The normalized spacial score (nSPS) is 11.4. The van der Waals surface area contributed by atoms with E-state index in [9.17, 15) is 14.9 Å². The van der Waals surface area contributed by atoms with E-state index in [0.717, 1.165) is 21.6 Å². The van der Waals surface area contributed by atoms with Crippen LogP contribution in [0.15, 0.2) is 23.1 Å². The van der Waals surface area contributed by atoms with E-state index in [-0.39, 0.29) is 23.0 Å². The molecule has 116 valence electrons. The molecule has 0 saturated carbocycles. The number of nitrogens with zero attached hydrogens (tertiary/aromatic N) is 1. The van der Waals surface area contributed by atoms with E-state index < -0.39 is 8.72 Å². The van der Waals surface area contributed by atoms with Gasteiger partial charge in [0.25, 0.3) is 5.69 Å². The maximum atomic E-state index is 11.5. The summed E-state index contributed by atoms with van der Waals surface area (Å²) < 4.78 is 3.16. The predicted octanol–water partition coefficient (Wildman–Crippen LogP) is 4.72. The van der Waals surface area contributed by atoms with Crippen LogP contribution in [0.1, 0.15) is 12.5 Å². The number of carbonyl (C=O) groups excluding carboxylic acids is 1. The van der Waals surface area contributed by atoms with Crippen LogP contribution >= 0.6 is 56.4 Å². The third kappa shape index (κ3) is 6.22. The second-order valence-electron chi connectivity index (χ2n) is 3.61. The molecule has 0 aliphatic rings. The molecule has 0 fully saturated rings. The number of non-ortho nitro benzene ring substituents is 1. The lowest BCUT2D eigenvalue weighted by Gasteiger charge is -2.15. The van der Waals surface area contributed by atoms with Crippen molar-refractivity contribution in [3.8, 4) is 0 Å². The Morgan fingerprint density at radius 3 is 2.62 bits per heavy atom. The van der Waals surface area contributed by atoms with Crippen LogP contribution in [-0.4, -0.2) is 23.3 Å². The van der Waals surface area contributed by atoms with Gasteiger partial charge in [-0.1, -0.05) is 34.8 Å². The van der Waals surface area contributed by atoms with Gasteiger partial charge in [0.15, 0.2) is 0 Å². The number of hydrogen-bond donors (Lipinski definition) is 0. The van der Waals surface area contributed by atoms with Gasteiger partial charge in [-0.25, -0.2) is 0 Å². The standard InChI is InChI=1S/C11H10Cl3NO4S2/c1-2-19-6-10(16)21-20-9-4-3-7(15(17)18)5-8(9)11(12,13)14/h3-5H,2,6H2,1H3. The zero-order valence-electron chi connectivity index (χ0n) is 10.7. The fourth-order valence-electron chi connectivity index (χ4n) is 1.23. The van der Waals surface area contributed by atoms with Crippen molar-refractivity contribution in [3.05, 3.63) is 33.9 Å². The van der Waals surface area contributed by atoms with E-state index in [4.69, 9.17) is 39.5 Å². The number of nitro groups is 1. The number of nitro benzene ring substituents is 1. The van der Waals surface area contributed by atoms with Crippen molar-refractivity contribution in [1.29, 1.82) is 0 Å². The molecule has 0 bridgehead atoms. The van der Waals surface area contributed by atoms with Crippen LogP contribution in [0.3, 0.4) is 0 Å². The van der Waals surface area contributed by atoms with Crippen molar-refractivity contribution in [2.45, 2.75) is 15.6 Å². The van der Waals surface area contributed by atoms with Crippen molar-refractivity contribution in [2.24, 2.45) is 0 Å². The van der Waals surface area contributed by atoms with E-state index >= 15 is 0 Å². The van der Waals surface area contributed by atoms with Gasteiger partial charge >= 0.3 is 0 Å². The van der Waals surface area contributed by atoms with Crippen LogP contribution in [-0.2, 0) is 13.3 Å². The molecular weight excluding hydrogens is 381 g/mol. The summed E-state index contributed by atoms with van der Waals surface area (Å²) in [6, 6.07) is 3.92. The fraction of sp³-hybridized carbons (Fsp3) is 0.364. The average Bonchev–Trinajstić information content (AvgIpc) is 2.41. The highest BCUT2D eigenvalue weighted by Gasteiger charge is 2.29. The minimum Gasteiger partial charge on any atom is -0.373 e. The second kappa shape index (κ2) is 8.45. The maximum Gasteiger partial charge on any atom is 0.269 e. The summed E-state index contributed by atoms with van der Waals surface area (Å²) in [7, 11) is 1.99. The molecule has 10 heteroatoms. The molecule has 5 nitrogen and oxygen atoms in total. The number of rotatable bonds is 6. The first kappa shape index (κ1) is 18.9. The highest BCUT2D eigenvalue weighted by Crippen LogP contribution is 2.46. The van der Waals surface area contributed by atoms with Gasteiger partial charge in [0, 0.05) is 29.2 Å². The highest BCUT2D eigenvalue weighted by atomic mass is 35.6. The number of alkyl halides is 3. The molecule has 0 aliphatic heterocycles. The molecule has 0 saturated heterocycles. The maximum absolute atomic E-state index is 11.5. The SMILES string of the molecule is CCOCC(=O)SSc1ccc([N+](=O)[O-])cc1C(Cl)(Cl)Cl. The van der Waals surface area contributed by atoms with Crippen LogP contribution < -0.4 is 0 Å². The largest absolute Gasteiger partial charge is 0.373 e. The number of carbonyl (C=O) groups is 1. The molecule has 0 radical (unpaired) electrons. The fourth-order valence-corrected chi connectivity index (χ4v) is 3.73. The lowest BCUT2D eigenvalue weighted by Crippen LogP contribution is -2.05. The van der Waals surface area contributed by atoms with Gasteiger partial charge in [-0.3, -0.25) is 14.9 Å². The molecule has 0 amide bonds. The molecule has 1 aromatic rings. The van der Waals surface area contributed by atoms with Crippen LogP contribution in [0.25, 0.3) is 0 Å². The Balaban J connectivity index is 2.91. The first-order valence-electron chi connectivity index (χ1n) is 5.56. The predicted molar refractivity (Wildman–Crippen MR) is 87.3 cm³/mol. The molecular formula is C11H10Cl3NO4S2. The van der Waals surface area contributed by atoms with E-state index in [1.807, 2.05) is 0 Å². The Hall–Kier alpha value is -0.180. The highest BCUT2D eigenvalue weighted by molar-refractivity contribution is 8.82. The third-order valence-electron chi connectivity index (χ3n) is 2.13. The van der Waals surface area contributed by atoms with Gasteiger partial charge in [0.2, 0.25) is 8.91 Å². The average molecular weight is 391 g/mol. The van der Waals surface area contributed by atoms with Gasteiger partial charge in [-0.05, 0) is 34.6 Å². The minimum absolute atomic E-state index is 0.0236. The van der Waals surface area contributed by atoms with Crippen LogP contribution in [0.4, 0.5) is 5.69 Å². The first-order valence-corrected chi connectivity index (χ1v) is 8.84. The van der Waals surface area contributed by atoms with Crippen molar-refractivity contribution >= 4 is 67.2 Å². The van der Waals surface area contributed by atoms with Crippen molar-refractivity contribution < 1.29 is 14.5 Å². The summed E-state index contributed by atoms with van der Waals surface area (Å²) >= 11 is 17.4. The lowest BCUT2D eigenvalue weighted by molar-refractivity contribution is -0.385. The molecule has 1 rings (SSSR count). The zero-order valence-corrected chi connectivity index (χ0v) is 14.6. The Kier molecular flexibility index (Phi) is 7.59. The van der Waals surface area contributed by atoms with Crippen LogP contribution in [0, 0.1) is 10.1 Å². The summed E-state index contributed by atoms with van der Waals surface area (Å²) in [6.07, 6.45) is 0.